The molecule has 0 aliphatic rings. The minimum Gasteiger partial charge on any atom is -0.466 e. The molecule has 0 bridgehead atoms. The topological polar surface area (TPSA) is 152 Å². The van der Waals surface area contributed by atoms with Crippen LogP contribution in [0.25, 0.3) is 0 Å². The van der Waals surface area contributed by atoms with Crippen LogP contribution in [-0.2, 0) is 47.7 Å². The third-order valence-corrected chi connectivity index (χ3v) is 23.4. The summed E-state index contributed by atoms with van der Waals surface area (Å²) in [4.78, 5) is 87.0. The molecule has 0 unspecified atom stereocenters. The molecule has 14 nitrogen and oxygen atoms in total. The molecule has 0 spiro atoms. The van der Waals surface area contributed by atoms with Crippen LogP contribution in [0.1, 0.15) is 504 Å². The number of esters is 4. The van der Waals surface area contributed by atoms with E-state index in [0.717, 1.165) is 270 Å². The summed E-state index contributed by atoms with van der Waals surface area (Å²) >= 11 is 0. The van der Waals surface area contributed by atoms with Gasteiger partial charge in [-0.15, -0.1) is 0 Å². The molecule has 0 aromatic heterocycles. The summed E-state index contributed by atoms with van der Waals surface area (Å²) < 4.78 is 23.4. The van der Waals surface area contributed by atoms with E-state index in [1.54, 1.807) is 0 Å². The SMILES string of the molecule is CCCCCCCCCOC(=O)CCCCCCCN(CCCCCCCC(=O)OC(CCCCCCCC)CCCCCCCC)CCCCC(=O)N(C)CCN(C)C(=O)CCCCN(CCCCCCCC(=O)OCCCCCCCCC)CCCCCCCC(=O)OC(CCCCCCCC)CCCCCCCC. The quantitative estimate of drug-likeness (QED) is 0.0324. The second-order valence-corrected chi connectivity index (χ2v) is 34.4. The monoisotopic (exact) mass is 1580 g/mol. The van der Waals surface area contributed by atoms with Gasteiger partial charge in [0.05, 0.1) is 13.2 Å². The number of unbranched alkanes of at least 4 members (excludes halogenated alkanes) is 50. The largest absolute Gasteiger partial charge is 0.466 e. The molecule has 0 rings (SSSR count). The summed E-state index contributed by atoms with van der Waals surface area (Å²) in [6, 6.07) is 0. The summed E-state index contributed by atoms with van der Waals surface area (Å²) in [6.45, 7) is 21.8. The Morgan fingerprint density at radius 2 is 0.393 bits per heavy atom. The van der Waals surface area contributed by atoms with Gasteiger partial charge in [0.15, 0.2) is 0 Å². The van der Waals surface area contributed by atoms with Gasteiger partial charge < -0.3 is 38.5 Å². The number of likely N-dealkylation sites (N-methyl/N-ethyl adjacent to an activating group) is 2. The third-order valence-electron chi connectivity index (χ3n) is 23.4. The maximum Gasteiger partial charge on any atom is 0.306 e. The second-order valence-electron chi connectivity index (χ2n) is 34.4. The number of nitrogens with zero attached hydrogens (tertiary/aromatic N) is 4. The summed E-state index contributed by atoms with van der Waals surface area (Å²) in [5.74, 6) is 0.180. The van der Waals surface area contributed by atoms with Gasteiger partial charge in [0.2, 0.25) is 11.8 Å². The maximum atomic E-state index is 13.5. The lowest BCUT2D eigenvalue weighted by molar-refractivity contribution is -0.151. The van der Waals surface area contributed by atoms with Crippen molar-refractivity contribution in [1.29, 1.82) is 0 Å². The lowest BCUT2D eigenvalue weighted by Gasteiger charge is -2.24. The Labute approximate surface area is 695 Å². The zero-order valence-corrected chi connectivity index (χ0v) is 76.0. The number of hydrogen-bond donors (Lipinski definition) is 0. The Kier molecular flexibility index (Phi) is 84.5. The minimum atomic E-state index is -0.0465. The second kappa shape index (κ2) is 87.1. The van der Waals surface area contributed by atoms with Crippen molar-refractivity contribution in [1.82, 2.24) is 19.6 Å². The zero-order valence-electron chi connectivity index (χ0n) is 76.0. The van der Waals surface area contributed by atoms with Gasteiger partial charge in [0.25, 0.3) is 0 Å². The molecule has 14 heteroatoms. The molecular formula is C98H190N4O10. The van der Waals surface area contributed by atoms with Gasteiger partial charge in [-0.3, -0.25) is 28.8 Å². The van der Waals surface area contributed by atoms with E-state index in [0.29, 0.717) is 64.8 Å². The first kappa shape index (κ1) is 109. The highest BCUT2D eigenvalue weighted by Gasteiger charge is 2.19. The molecule has 0 heterocycles. The Morgan fingerprint density at radius 1 is 0.205 bits per heavy atom. The molecule has 0 saturated carbocycles. The molecule has 0 fully saturated rings. The normalized spacial score (nSPS) is 11.6. The first-order chi connectivity index (χ1) is 54.8. The van der Waals surface area contributed by atoms with Crippen molar-refractivity contribution in [2.24, 2.45) is 0 Å². The number of amides is 2. The van der Waals surface area contributed by atoms with Gasteiger partial charge in [-0.1, -0.05) is 324 Å². The molecule has 662 valence electrons. The fraction of sp³-hybridized carbons (Fsp3) is 0.939. The molecule has 112 heavy (non-hydrogen) atoms. The maximum absolute atomic E-state index is 13.5. The minimum absolute atomic E-state index is 0.00154. The number of carbonyl (C=O) groups excluding carboxylic acids is 6. The highest BCUT2D eigenvalue weighted by atomic mass is 16.6. The van der Waals surface area contributed by atoms with Crippen molar-refractivity contribution in [3.63, 3.8) is 0 Å². The van der Waals surface area contributed by atoms with E-state index in [9.17, 15) is 28.8 Å². The summed E-state index contributed by atoms with van der Waals surface area (Å²) in [7, 11) is 3.76. The molecule has 0 atom stereocenters. The third kappa shape index (κ3) is 77.9. The van der Waals surface area contributed by atoms with E-state index >= 15 is 0 Å². The van der Waals surface area contributed by atoms with Crippen molar-refractivity contribution in [2.75, 3.05) is 79.7 Å². The molecule has 0 aromatic carbocycles. The molecule has 0 aliphatic carbocycles. The fourth-order valence-corrected chi connectivity index (χ4v) is 15.6. The van der Waals surface area contributed by atoms with E-state index in [-0.39, 0.29) is 47.9 Å². The van der Waals surface area contributed by atoms with Gasteiger partial charge in [0, 0.05) is 65.7 Å². The van der Waals surface area contributed by atoms with Crippen molar-refractivity contribution >= 4 is 35.7 Å². The van der Waals surface area contributed by atoms with Crippen LogP contribution < -0.4 is 0 Å². The van der Waals surface area contributed by atoms with Gasteiger partial charge in [0.1, 0.15) is 12.2 Å². The highest BCUT2D eigenvalue weighted by Crippen LogP contribution is 2.23. The fourth-order valence-electron chi connectivity index (χ4n) is 15.6. The van der Waals surface area contributed by atoms with Crippen LogP contribution >= 0.6 is 0 Å². The van der Waals surface area contributed by atoms with Crippen molar-refractivity contribution in [3.05, 3.63) is 0 Å². The molecule has 0 radical (unpaired) electrons. The number of rotatable bonds is 91. The van der Waals surface area contributed by atoms with Gasteiger partial charge in [-0.05, 0) is 181 Å². The summed E-state index contributed by atoms with van der Waals surface area (Å²) in [6.07, 6.45) is 79.5. The first-order valence-electron chi connectivity index (χ1n) is 49.5. The predicted molar refractivity (Wildman–Crippen MR) is 476 cm³/mol. The van der Waals surface area contributed by atoms with E-state index < -0.39 is 0 Å². The Bertz CT molecular complexity index is 1870. The Morgan fingerprint density at radius 3 is 0.643 bits per heavy atom. The van der Waals surface area contributed by atoms with E-state index in [2.05, 4.69) is 51.3 Å². The summed E-state index contributed by atoms with van der Waals surface area (Å²) in [5, 5.41) is 0. The van der Waals surface area contributed by atoms with Crippen LogP contribution in [0.5, 0.6) is 0 Å². The van der Waals surface area contributed by atoms with E-state index in [4.69, 9.17) is 18.9 Å². The number of ether oxygens (including phenoxy) is 4. The Hall–Kier alpha value is -3.26. The van der Waals surface area contributed by atoms with Crippen LogP contribution in [0.2, 0.25) is 0 Å². The van der Waals surface area contributed by atoms with Crippen LogP contribution in [0.3, 0.4) is 0 Å². The molecule has 0 aliphatic heterocycles. The van der Waals surface area contributed by atoms with Crippen LogP contribution in [0.4, 0.5) is 0 Å². The van der Waals surface area contributed by atoms with E-state index in [1.807, 2.05) is 23.9 Å². The smallest absolute Gasteiger partial charge is 0.306 e. The molecule has 2 amide bonds. The van der Waals surface area contributed by atoms with Crippen molar-refractivity contribution in [3.8, 4) is 0 Å². The van der Waals surface area contributed by atoms with Gasteiger partial charge >= 0.3 is 23.9 Å². The van der Waals surface area contributed by atoms with Crippen molar-refractivity contribution < 1.29 is 47.7 Å². The average Bonchev–Trinajstić information content (AvgIpc) is 0.998. The van der Waals surface area contributed by atoms with Crippen molar-refractivity contribution in [2.45, 2.75) is 516 Å². The summed E-state index contributed by atoms with van der Waals surface area (Å²) in [5.41, 5.74) is 0. The average molecular weight is 1580 g/mol. The van der Waals surface area contributed by atoms with Gasteiger partial charge in [-0.2, -0.15) is 0 Å². The van der Waals surface area contributed by atoms with Gasteiger partial charge in [-0.25, -0.2) is 0 Å². The number of carbonyl (C=O) groups is 6. The van der Waals surface area contributed by atoms with Crippen LogP contribution in [-0.4, -0.2) is 147 Å². The molecular weight excluding hydrogens is 1390 g/mol. The lowest BCUT2D eigenvalue weighted by atomic mass is 10.0. The zero-order chi connectivity index (χ0) is 81.7. The highest BCUT2D eigenvalue weighted by molar-refractivity contribution is 5.77. The molecule has 0 N–H and O–H groups in total. The van der Waals surface area contributed by atoms with Crippen LogP contribution in [0.15, 0.2) is 0 Å². The Balaban J connectivity index is 5.32. The molecule has 0 aromatic rings. The van der Waals surface area contributed by atoms with Crippen LogP contribution in [0, 0.1) is 0 Å². The lowest BCUT2D eigenvalue weighted by Crippen LogP contribution is -2.37. The predicted octanol–water partition coefficient (Wildman–Crippen LogP) is 27.6. The first-order valence-corrected chi connectivity index (χ1v) is 49.5. The van der Waals surface area contributed by atoms with E-state index in [1.165, 1.54) is 193 Å². The standard InChI is InChI=1S/C98H190N4O10/c1-9-15-21-27-33-51-69-89-109-95(105)77-57-43-35-47-63-81-101(83-65-49-37-45-59-79-97(107)111-91(71-53-39-29-23-17-11-3)72-54-40-30-24-18-12-4)85-67-61-75-93(103)99(7)87-88-100(8)94(104)76-62-68-86-102(82-64-48-36-44-58-78-96(106)110-90-70-52-34-28-22-16-10-2)84-66-50-38-46-60-80-98(108)112-92(73-55-41-31-25-19-13-5)74-56-42-32-26-20-14-6/h91-92H,9-90H2,1-8H3. The molecule has 0 saturated heterocycles. The number of hydrogen-bond acceptors (Lipinski definition) is 12.